The van der Waals surface area contributed by atoms with E-state index < -0.39 is 0 Å². The second-order valence-electron chi connectivity index (χ2n) is 5.63. The van der Waals surface area contributed by atoms with Crippen LogP contribution in [0.3, 0.4) is 0 Å². The van der Waals surface area contributed by atoms with Crippen molar-refractivity contribution in [3.63, 3.8) is 0 Å². The molecule has 118 valence electrons. The normalized spacial score (nSPS) is 17.7. The highest BCUT2D eigenvalue weighted by Gasteiger charge is 2.28. The lowest BCUT2D eigenvalue weighted by atomic mass is 9.85. The van der Waals surface area contributed by atoms with E-state index in [0.717, 1.165) is 27.5 Å². The molecule has 0 bridgehead atoms. The SMILES string of the molecule is CCNc1nc(C(OCC)C2CCCCC2)nc(C)c1I. The van der Waals surface area contributed by atoms with Crippen LogP contribution in [0.5, 0.6) is 0 Å². The molecule has 0 radical (unpaired) electrons. The lowest BCUT2D eigenvalue weighted by Crippen LogP contribution is -2.22. The molecule has 1 heterocycles. The predicted octanol–water partition coefficient (Wildman–Crippen LogP) is 4.48. The van der Waals surface area contributed by atoms with E-state index in [1.165, 1.54) is 32.1 Å². The zero-order valence-electron chi connectivity index (χ0n) is 13.3. The first-order chi connectivity index (χ1) is 10.2. The lowest BCUT2D eigenvalue weighted by molar-refractivity contribution is -0.000222. The number of hydrogen-bond donors (Lipinski definition) is 1. The van der Waals surface area contributed by atoms with Crippen LogP contribution in [0.25, 0.3) is 0 Å². The van der Waals surface area contributed by atoms with E-state index >= 15 is 0 Å². The van der Waals surface area contributed by atoms with Crippen LogP contribution in [-0.2, 0) is 4.74 Å². The summed E-state index contributed by atoms with van der Waals surface area (Å²) in [5.74, 6) is 2.37. The number of anilines is 1. The van der Waals surface area contributed by atoms with Gasteiger partial charge in [-0.25, -0.2) is 9.97 Å². The first-order valence-electron chi connectivity index (χ1n) is 8.06. The zero-order chi connectivity index (χ0) is 15.2. The van der Waals surface area contributed by atoms with Crippen LogP contribution in [-0.4, -0.2) is 23.1 Å². The van der Waals surface area contributed by atoms with Crippen molar-refractivity contribution in [2.24, 2.45) is 5.92 Å². The quantitative estimate of drug-likeness (QED) is 0.712. The number of nitrogens with one attached hydrogen (secondary N) is 1. The van der Waals surface area contributed by atoms with Gasteiger partial charge in [-0.2, -0.15) is 0 Å². The fraction of sp³-hybridized carbons (Fsp3) is 0.750. The summed E-state index contributed by atoms with van der Waals surface area (Å²) in [6.45, 7) is 7.79. The summed E-state index contributed by atoms with van der Waals surface area (Å²) in [7, 11) is 0. The molecule has 1 aliphatic rings. The molecular weight excluding hydrogens is 377 g/mol. The van der Waals surface area contributed by atoms with Gasteiger partial charge in [-0.1, -0.05) is 19.3 Å². The van der Waals surface area contributed by atoms with Gasteiger partial charge in [0.15, 0.2) is 5.82 Å². The van der Waals surface area contributed by atoms with Crippen LogP contribution in [0, 0.1) is 16.4 Å². The van der Waals surface area contributed by atoms with Gasteiger partial charge < -0.3 is 10.1 Å². The summed E-state index contributed by atoms with van der Waals surface area (Å²) < 4.78 is 7.15. The number of rotatable bonds is 6. The van der Waals surface area contributed by atoms with Gasteiger partial charge in [0.1, 0.15) is 11.9 Å². The maximum absolute atomic E-state index is 6.04. The standard InChI is InChI=1S/C16H26IN3O/c1-4-18-15-13(17)11(3)19-16(20-15)14(21-5-2)12-9-7-6-8-10-12/h12,14H,4-10H2,1-3H3,(H,18,19,20). The van der Waals surface area contributed by atoms with Gasteiger partial charge in [-0.15, -0.1) is 0 Å². The van der Waals surface area contributed by atoms with Crippen molar-refractivity contribution >= 4 is 28.4 Å². The van der Waals surface area contributed by atoms with Crippen LogP contribution >= 0.6 is 22.6 Å². The van der Waals surface area contributed by atoms with E-state index in [1.54, 1.807) is 0 Å². The molecule has 1 fully saturated rings. The summed E-state index contributed by atoms with van der Waals surface area (Å²) in [5, 5.41) is 3.34. The number of ether oxygens (including phenoxy) is 1. The zero-order valence-corrected chi connectivity index (χ0v) is 15.4. The van der Waals surface area contributed by atoms with Gasteiger partial charge in [0.05, 0.1) is 9.26 Å². The number of halogens is 1. The molecule has 1 unspecified atom stereocenters. The molecule has 1 aromatic heterocycles. The molecule has 2 rings (SSSR count). The molecular formula is C16H26IN3O. The number of aryl methyl sites for hydroxylation is 1. The van der Waals surface area contributed by atoms with Crippen LogP contribution in [0.1, 0.15) is 63.6 Å². The lowest BCUT2D eigenvalue weighted by Gasteiger charge is -2.29. The molecule has 4 nitrogen and oxygen atoms in total. The Kier molecular flexibility index (Phi) is 6.67. The van der Waals surface area contributed by atoms with Gasteiger partial charge in [0, 0.05) is 13.2 Å². The molecule has 21 heavy (non-hydrogen) atoms. The Morgan fingerprint density at radius 3 is 2.57 bits per heavy atom. The third kappa shape index (κ3) is 4.28. The average molecular weight is 403 g/mol. The Morgan fingerprint density at radius 1 is 1.24 bits per heavy atom. The van der Waals surface area contributed by atoms with E-state index in [1.807, 2.05) is 0 Å². The minimum atomic E-state index is 0.0448. The molecule has 0 spiro atoms. The summed E-state index contributed by atoms with van der Waals surface area (Å²) >= 11 is 2.32. The second-order valence-corrected chi connectivity index (χ2v) is 6.71. The third-order valence-electron chi connectivity index (χ3n) is 4.06. The Hall–Kier alpha value is -0.430. The van der Waals surface area contributed by atoms with Crippen molar-refractivity contribution < 1.29 is 4.74 Å². The largest absolute Gasteiger partial charge is 0.370 e. The minimum absolute atomic E-state index is 0.0448. The molecule has 0 saturated heterocycles. The first-order valence-corrected chi connectivity index (χ1v) is 9.14. The number of aromatic nitrogens is 2. The first kappa shape index (κ1) is 16.9. The minimum Gasteiger partial charge on any atom is -0.370 e. The topological polar surface area (TPSA) is 47.0 Å². The van der Waals surface area contributed by atoms with Crippen molar-refractivity contribution in [1.29, 1.82) is 0 Å². The summed E-state index contributed by atoms with van der Waals surface area (Å²) in [5.41, 5.74) is 1.04. The Balaban J connectivity index is 2.30. The molecule has 0 aromatic carbocycles. The molecule has 1 aromatic rings. The van der Waals surface area contributed by atoms with Crippen LogP contribution in [0.2, 0.25) is 0 Å². The summed E-state index contributed by atoms with van der Waals surface area (Å²) in [4.78, 5) is 9.49. The van der Waals surface area contributed by atoms with Gasteiger partial charge in [-0.3, -0.25) is 0 Å². The van der Waals surface area contributed by atoms with Crippen molar-refractivity contribution in [2.75, 3.05) is 18.5 Å². The van der Waals surface area contributed by atoms with Crippen LogP contribution < -0.4 is 5.32 Å². The van der Waals surface area contributed by atoms with E-state index in [4.69, 9.17) is 14.7 Å². The van der Waals surface area contributed by atoms with Crippen LogP contribution in [0.15, 0.2) is 0 Å². The maximum atomic E-state index is 6.04. The van der Waals surface area contributed by atoms with Gasteiger partial charge in [-0.05, 0) is 62.1 Å². The Bertz CT molecular complexity index is 461. The predicted molar refractivity (Wildman–Crippen MR) is 94.6 cm³/mol. The van der Waals surface area contributed by atoms with Crippen molar-refractivity contribution in [1.82, 2.24) is 9.97 Å². The monoisotopic (exact) mass is 403 g/mol. The smallest absolute Gasteiger partial charge is 0.160 e. The second kappa shape index (κ2) is 8.27. The maximum Gasteiger partial charge on any atom is 0.160 e. The third-order valence-corrected chi connectivity index (χ3v) is 5.35. The number of nitrogens with zero attached hydrogens (tertiary/aromatic N) is 2. The van der Waals surface area contributed by atoms with Crippen LogP contribution in [0.4, 0.5) is 5.82 Å². The molecule has 0 aliphatic heterocycles. The van der Waals surface area contributed by atoms with Gasteiger partial charge in [0.25, 0.3) is 0 Å². The van der Waals surface area contributed by atoms with Gasteiger partial charge in [0.2, 0.25) is 0 Å². The molecule has 1 N–H and O–H groups in total. The fourth-order valence-electron chi connectivity index (χ4n) is 3.03. The van der Waals surface area contributed by atoms with E-state index in [2.05, 4.69) is 48.7 Å². The van der Waals surface area contributed by atoms with E-state index in [9.17, 15) is 0 Å². The molecule has 1 atom stereocenters. The highest BCUT2D eigenvalue weighted by atomic mass is 127. The molecule has 1 aliphatic carbocycles. The van der Waals surface area contributed by atoms with E-state index in [0.29, 0.717) is 12.5 Å². The van der Waals surface area contributed by atoms with Crippen molar-refractivity contribution in [3.05, 3.63) is 15.1 Å². The van der Waals surface area contributed by atoms with Crippen molar-refractivity contribution in [2.45, 2.75) is 59.0 Å². The highest BCUT2D eigenvalue weighted by molar-refractivity contribution is 14.1. The fourth-order valence-corrected chi connectivity index (χ4v) is 3.46. The summed E-state index contributed by atoms with van der Waals surface area (Å²) in [6, 6.07) is 0. The number of hydrogen-bond acceptors (Lipinski definition) is 4. The molecule has 1 saturated carbocycles. The van der Waals surface area contributed by atoms with Gasteiger partial charge >= 0.3 is 0 Å². The summed E-state index contributed by atoms with van der Waals surface area (Å²) in [6.07, 6.45) is 6.47. The Morgan fingerprint density at radius 2 is 1.95 bits per heavy atom. The average Bonchev–Trinajstić information content (AvgIpc) is 2.50. The van der Waals surface area contributed by atoms with E-state index in [-0.39, 0.29) is 6.10 Å². The Labute approximate surface area is 141 Å². The highest BCUT2D eigenvalue weighted by Crippen LogP contribution is 2.36. The van der Waals surface area contributed by atoms with Crippen molar-refractivity contribution in [3.8, 4) is 0 Å². The molecule has 0 amide bonds. The molecule has 5 heteroatoms.